The second kappa shape index (κ2) is 6.95. The zero-order chi connectivity index (χ0) is 15.2. The summed E-state index contributed by atoms with van der Waals surface area (Å²) in [5.74, 6) is -0.484. The van der Waals surface area contributed by atoms with Crippen molar-refractivity contribution in [2.45, 2.75) is 13.0 Å². The molecular weight excluding hydrogens is 267 g/mol. The van der Waals surface area contributed by atoms with Crippen LogP contribution in [0, 0.1) is 11.2 Å². The highest BCUT2D eigenvalue weighted by Gasteiger charge is 2.09. The quantitative estimate of drug-likeness (QED) is 0.632. The summed E-state index contributed by atoms with van der Waals surface area (Å²) < 4.78 is 13.2. The molecular formula is C16H19FN4. The summed E-state index contributed by atoms with van der Waals surface area (Å²) in [6.07, 6.45) is 2.62. The van der Waals surface area contributed by atoms with Gasteiger partial charge >= 0.3 is 0 Å². The lowest BCUT2D eigenvalue weighted by Gasteiger charge is -2.18. The minimum Gasteiger partial charge on any atom is -0.384 e. The summed E-state index contributed by atoms with van der Waals surface area (Å²) in [5, 5.41) is 7.54. The largest absolute Gasteiger partial charge is 0.384 e. The lowest BCUT2D eigenvalue weighted by Crippen LogP contribution is -2.23. The number of hydrogen-bond acceptors (Lipinski definition) is 3. The van der Waals surface area contributed by atoms with E-state index >= 15 is 0 Å². The number of aromatic nitrogens is 1. The van der Waals surface area contributed by atoms with E-state index in [1.807, 2.05) is 25.2 Å². The van der Waals surface area contributed by atoms with Crippen LogP contribution in [0.1, 0.15) is 16.8 Å². The van der Waals surface area contributed by atoms with Gasteiger partial charge in [-0.3, -0.25) is 10.4 Å². The average molecular weight is 286 g/mol. The Labute approximate surface area is 123 Å². The molecule has 5 heteroatoms. The predicted molar refractivity (Wildman–Crippen MR) is 81.7 cm³/mol. The topological polar surface area (TPSA) is 66.0 Å². The smallest absolute Gasteiger partial charge is 0.123 e. The van der Waals surface area contributed by atoms with Crippen LogP contribution in [0.4, 0.5) is 4.39 Å². The Kier molecular flexibility index (Phi) is 5.00. The summed E-state index contributed by atoms with van der Waals surface area (Å²) in [4.78, 5) is 6.39. The molecule has 110 valence electrons. The van der Waals surface area contributed by atoms with Gasteiger partial charge in [0.25, 0.3) is 0 Å². The van der Waals surface area contributed by atoms with Crippen LogP contribution >= 0.6 is 0 Å². The van der Waals surface area contributed by atoms with Crippen molar-refractivity contribution in [2.75, 3.05) is 13.6 Å². The molecule has 1 heterocycles. The van der Waals surface area contributed by atoms with Gasteiger partial charge in [0, 0.05) is 37.0 Å². The van der Waals surface area contributed by atoms with Crippen molar-refractivity contribution in [1.29, 1.82) is 5.41 Å². The van der Waals surface area contributed by atoms with E-state index in [9.17, 15) is 4.39 Å². The Morgan fingerprint density at radius 2 is 2.14 bits per heavy atom. The highest BCUT2D eigenvalue weighted by Crippen LogP contribution is 2.13. The second-order valence-corrected chi connectivity index (χ2v) is 5.02. The van der Waals surface area contributed by atoms with Crippen LogP contribution in [0.25, 0.3) is 0 Å². The molecule has 0 aliphatic rings. The SMILES string of the molecule is CN(CCc1ccccn1)Cc1ccc(F)cc1C(=N)N. The molecule has 21 heavy (non-hydrogen) atoms. The fourth-order valence-corrected chi connectivity index (χ4v) is 2.16. The van der Waals surface area contributed by atoms with Gasteiger partial charge < -0.3 is 10.6 Å². The normalized spacial score (nSPS) is 10.8. The Hall–Kier alpha value is -2.27. The molecule has 0 aliphatic heterocycles. The molecule has 1 aromatic heterocycles. The van der Waals surface area contributed by atoms with Gasteiger partial charge in [0.05, 0.1) is 0 Å². The summed E-state index contributed by atoms with van der Waals surface area (Å²) in [6, 6.07) is 10.2. The van der Waals surface area contributed by atoms with Crippen molar-refractivity contribution < 1.29 is 4.39 Å². The van der Waals surface area contributed by atoms with Crippen molar-refractivity contribution in [3.05, 3.63) is 65.2 Å². The van der Waals surface area contributed by atoms with E-state index in [1.54, 1.807) is 12.3 Å². The molecule has 0 atom stereocenters. The molecule has 2 aromatic rings. The molecule has 0 saturated carbocycles. The number of nitrogen functional groups attached to an aromatic ring is 1. The molecule has 2 rings (SSSR count). The maximum absolute atomic E-state index is 13.2. The third-order valence-electron chi connectivity index (χ3n) is 3.28. The lowest BCUT2D eigenvalue weighted by molar-refractivity contribution is 0.329. The van der Waals surface area contributed by atoms with Gasteiger partial charge in [-0.1, -0.05) is 12.1 Å². The van der Waals surface area contributed by atoms with Crippen molar-refractivity contribution in [1.82, 2.24) is 9.88 Å². The molecule has 0 spiro atoms. The van der Waals surface area contributed by atoms with Crippen molar-refractivity contribution >= 4 is 5.84 Å². The molecule has 0 bridgehead atoms. The minimum absolute atomic E-state index is 0.109. The summed E-state index contributed by atoms with van der Waals surface area (Å²) in [6.45, 7) is 1.44. The number of pyridine rings is 1. The third-order valence-corrected chi connectivity index (χ3v) is 3.28. The van der Waals surface area contributed by atoms with Gasteiger partial charge in [-0.25, -0.2) is 4.39 Å². The first kappa shape index (κ1) is 15.1. The van der Waals surface area contributed by atoms with Crippen molar-refractivity contribution in [3.8, 4) is 0 Å². The standard InChI is InChI=1S/C16H19FN4/c1-21(9-7-14-4-2-3-8-20-14)11-12-5-6-13(17)10-15(12)16(18)19/h2-6,8,10H,7,9,11H2,1H3,(H3,18,19). The van der Waals surface area contributed by atoms with Crippen LogP contribution in [-0.4, -0.2) is 29.3 Å². The first-order chi connectivity index (χ1) is 10.1. The minimum atomic E-state index is -0.375. The maximum atomic E-state index is 13.2. The van der Waals surface area contributed by atoms with Crippen LogP contribution in [0.15, 0.2) is 42.6 Å². The van der Waals surface area contributed by atoms with Crippen LogP contribution < -0.4 is 5.73 Å². The van der Waals surface area contributed by atoms with Gasteiger partial charge in [0.1, 0.15) is 11.7 Å². The Balaban J connectivity index is 1.99. The predicted octanol–water partition coefficient (Wildman–Crippen LogP) is 2.18. The highest BCUT2D eigenvalue weighted by molar-refractivity contribution is 5.96. The summed E-state index contributed by atoms with van der Waals surface area (Å²) >= 11 is 0. The molecule has 0 amide bonds. The maximum Gasteiger partial charge on any atom is 0.123 e. The van der Waals surface area contributed by atoms with E-state index in [2.05, 4.69) is 9.88 Å². The van der Waals surface area contributed by atoms with E-state index in [1.165, 1.54) is 12.1 Å². The van der Waals surface area contributed by atoms with Crippen molar-refractivity contribution in [3.63, 3.8) is 0 Å². The van der Waals surface area contributed by atoms with E-state index in [-0.39, 0.29) is 11.7 Å². The fourth-order valence-electron chi connectivity index (χ4n) is 2.16. The van der Waals surface area contributed by atoms with Crippen LogP contribution in [0.5, 0.6) is 0 Å². The monoisotopic (exact) mass is 286 g/mol. The summed E-state index contributed by atoms with van der Waals surface area (Å²) in [5.41, 5.74) is 7.86. The molecule has 0 fully saturated rings. The van der Waals surface area contributed by atoms with E-state index in [4.69, 9.17) is 11.1 Å². The lowest BCUT2D eigenvalue weighted by atomic mass is 10.1. The van der Waals surface area contributed by atoms with E-state index in [0.717, 1.165) is 24.2 Å². The van der Waals surface area contributed by atoms with E-state index < -0.39 is 0 Å². The number of likely N-dealkylation sites (N-methyl/N-ethyl adjacent to an activating group) is 1. The Morgan fingerprint density at radius 1 is 1.33 bits per heavy atom. The van der Waals surface area contributed by atoms with Gasteiger partial charge in [-0.2, -0.15) is 0 Å². The second-order valence-electron chi connectivity index (χ2n) is 5.02. The summed E-state index contributed by atoms with van der Waals surface area (Å²) in [7, 11) is 1.98. The average Bonchev–Trinajstić information content (AvgIpc) is 2.48. The van der Waals surface area contributed by atoms with Crippen LogP contribution in [0.3, 0.4) is 0 Å². The Morgan fingerprint density at radius 3 is 2.81 bits per heavy atom. The zero-order valence-electron chi connectivity index (χ0n) is 12.0. The first-order valence-corrected chi connectivity index (χ1v) is 6.77. The number of nitrogens with two attached hydrogens (primary N) is 1. The molecule has 0 radical (unpaired) electrons. The zero-order valence-corrected chi connectivity index (χ0v) is 12.0. The number of nitrogens with one attached hydrogen (secondary N) is 1. The number of amidine groups is 1. The van der Waals surface area contributed by atoms with Gasteiger partial charge in [-0.15, -0.1) is 0 Å². The Bertz CT molecular complexity index is 613. The molecule has 1 aromatic carbocycles. The van der Waals surface area contributed by atoms with Crippen molar-refractivity contribution in [2.24, 2.45) is 5.73 Å². The number of benzene rings is 1. The molecule has 0 saturated heterocycles. The van der Waals surface area contributed by atoms with Gasteiger partial charge in [-0.05, 0) is 36.9 Å². The van der Waals surface area contributed by atoms with Crippen LogP contribution in [0.2, 0.25) is 0 Å². The van der Waals surface area contributed by atoms with Gasteiger partial charge in [0.15, 0.2) is 0 Å². The number of nitrogens with zero attached hydrogens (tertiary/aromatic N) is 2. The molecule has 4 nitrogen and oxygen atoms in total. The fraction of sp³-hybridized carbons (Fsp3) is 0.250. The molecule has 0 unspecified atom stereocenters. The van der Waals surface area contributed by atoms with E-state index in [0.29, 0.717) is 12.1 Å². The highest BCUT2D eigenvalue weighted by atomic mass is 19.1. The third kappa shape index (κ3) is 4.36. The van der Waals surface area contributed by atoms with Gasteiger partial charge in [0.2, 0.25) is 0 Å². The number of hydrogen-bond donors (Lipinski definition) is 2. The molecule has 0 aliphatic carbocycles. The molecule has 3 N–H and O–H groups in total. The van der Waals surface area contributed by atoms with Crippen LogP contribution in [-0.2, 0) is 13.0 Å². The first-order valence-electron chi connectivity index (χ1n) is 6.77. The number of rotatable bonds is 6. The number of halogens is 1.